The van der Waals surface area contributed by atoms with Gasteiger partial charge >= 0.3 is 6.03 Å². The van der Waals surface area contributed by atoms with E-state index in [0.717, 1.165) is 12.8 Å². The normalized spacial score (nSPS) is 20.7. The second-order valence-electron chi connectivity index (χ2n) is 7.25. The fourth-order valence-electron chi connectivity index (χ4n) is 3.72. The molecule has 0 spiro atoms. The fourth-order valence-corrected chi connectivity index (χ4v) is 3.90. The zero-order valence-electron chi connectivity index (χ0n) is 15.8. The van der Waals surface area contributed by atoms with Crippen molar-refractivity contribution in [2.75, 3.05) is 51.1 Å². The molecule has 3 N–H and O–H groups in total. The van der Waals surface area contributed by atoms with E-state index in [-0.39, 0.29) is 24.3 Å². The number of piperidine rings is 1. The lowest BCUT2D eigenvalue weighted by molar-refractivity contribution is -0.138. The van der Waals surface area contributed by atoms with Gasteiger partial charge in [0, 0.05) is 39.3 Å². The average molecular weight is 408 g/mol. The fraction of sp³-hybridized carbons (Fsp3) is 0.526. The molecule has 0 unspecified atom stereocenters. The van der Waals surface area contributed by atoms with Crippen LogP contribution in [0, 0.1) is 5.92 Å². The van der Waals surface area contributed by atoms with Gasteiger partial charge in [0.15, 0.2) is 0 Å². The predicted molar refractivity (Wildman–Crippen MR) is 107 cm³/mol. The minimum Gasteiger partial charge on any atom is -0.351 e. The standard InChI is InChI=1S/C19H26ClN5O3/c20-15-5-1-2-6-16(15)22-17(26)13-23-8-10-24(11-9-23)18(27)14-4-3-7-25(12-14)19(21)28/h1-2,5-6,14H,3-4,7-13H2,(H2,21,28)(H,22,26)/t14-/m0/s1. The van der Waals surface area contributed by atoms with Gasteiger partial charge in [0.1, 0.15) is 0 Å². The molecule has 4 amide bonds. The van der Waals surface area contributed by atoms with E-state index >= 15 is 0 Å². The molecule has 1 aromatic carbocycles. The lowest BCUT2D eigenvalue weighted by atomic mass is 9.96. The second kappa shape index (κ2) is 9.25. The molecule has 0 saturated carbocycles. The van der Waals surface area contributed by atoms with Crippen LogP contribution < -0.4 is 11.1 Å². The molecule has 2 aliphatic rings. The van der Waals surface area contributed by atoms with E-state index in [1.165, 1.54) is 0 Å². The number of carbonyl (C=O) groups excluding carboxylic acids is 3. The van der Waals surface area contributed by atoms with E-state index < -0.39 is 6.03 Å². The maximum Gasteiger partial charge on any atom is 0.314 e. The number of nitrogens with one attached hydrogen (secondary N) is 1. The van der Waals surface area contributed by atoms with Crippen molar-refractivity contribution in [1.82, 2.24) is 14.7 Å². The predicted octanol–water partition coefficient (Wildman–Crippen LogP) is 1.21. The lowest BCUT2D eigenvalue weighted by Crippen LogP contribution is -2.54. The Kier molecular flexibility index (Phi) is 6.74. The highest BCUT2D eigenvalue weighted by atomic mass is 35.5. The van der Waals surface area contributed by atoms with Crippen LogP contribution in [0.2, 0.25) is 5.02 Å². The monoisotopic (exact) mass is 407 g/mol. The van der Waals surface area contributed by atoms with Gasteiger partial charge in [-0.2, -0.15) is 0 Å². The van der Waals surface area contributed by atoms with Crippen LogP contribution in [-0.4, -0.2) is 78.4 Å². The highest BCUT2D eigenvalue weighted by Gasteiger charge is 2.32. The number of benzene rings is 1. The number of urea groups is 1. The van der Waals surface area contributed by atoms with Crippen molar-refractivity contribution in [3.8, 4) is 0 Å². The molecule has 0 bridgehead atoms. The number of piperazine rings is 1. The number of likely N-dealkylation sites (tertiary alicyclic amines) is 1. The number of amides is 4. The number of rotatable bonds is 4. The third-order valence-corrected chi connectivity index (χ3v) is 5.61. The molecule has 8 nitrogen and oxygen atoms in total. The Morgan fingerprint density at radius 1 is 1.07 bits per heavy atom. The number of primary amides is 1. The van der Waals surface area contributed by atoms with Crippen LogP contribution in [-0.2, 0) is 9.59 Å². The van der Waals surface area contributed by atoms with Gasteiger partial charge in [0.05, 0.1) is 23.2 Å². The van der Waals surface area contributed by atoms with Crippen LogP contribution in [0.1, 0.15) is 12.8 Å². The minimum atomic E-state index is -0.466. The van der Waals surface area contributed by atoms with Crippen LogP contribution >= 0.6 is 11.6 Å². The topological polar surface area (TPSA) is 99.0 Å². The first-order valence-corrected chi connectivity index (χ1v) is 9.91. The summed E-state index contributed by atoms with van der Waals surface area (Å²) in [5.41, 5.74) is 5.94. The zero-order chi connectivity index (χ0) is 20.1. The van der Waals surface area contributed by atoms with Gasteiger partial charge in [-0.05, 0) is 25.0 Å². The van der Waals surface area contributed by atoms with Gasteiger partial charge in [-0.25, -0.2) is 4.79 Å². The summed E-state index contributed by atoms with van der Waals surface area (Å²) in [5, 5.41) is 3.32. The molecule has 2 aliphatic heterocycles. The van der Waals surface area contributed by atoms with E-state index in [1.807, 2.05) is 21.9 Å². The first-order chi connectivity index (χ1) is 13.4. The van der Waals surface area contributed by atoms with Crippen LogP contribution in [0.5, 0.6) is 0 Å². The molecule has 3 rings (SSSR count). The Labute approximate surface area is 169 Å². The average Bonchev–Trinajstić information content (AvgIpc) is 2.70. The molecule has 28 heavy (non-hydrogen) atoms. The van der Waals surface area contributed by atoms with E-state index in [0.29, 0.717) is 50.0 Å². The third kappa shape index (κ3) is 5.14. The number of hydrogen-bond donors (Lipinski definition) is 2. The smallest absolute Gasteiger partial charge is 0.314 e. The van der Waals surface area contributed by atoms with Gasteiger partial charge in [-0.15, -0.1) is 0 Å². The largest absolute Gasteiger partial charge is 0.351 e. The first-order valence-electron chi connectivity index (χ1n) is 9.54. The number of halogens is 1. The molecule has 0 aromatic heterocycles. The Morgan fingerprint density at radius 3 is 2.46 bits per heavy atom. The molecular weight excluding hydrogens is 382 g/mol. The number of para-hydroxylation sites is 1. The van der Waals surface area contributed by atoms with E-state index in [2.05, 4.69) is 5.32 Å². The zero-order valence-corrected chi connectivity index (χ0v) is 16.5. The molecule has 9 heteroatoms. The third-order valence-electron chi connectivity index (χ3n) is 5.28. The van der Waals surface area contributed by atoms with E-state index in [4.69, 9.17) is 17.3 Å². The summed E-state index contributed by atoms with van der Waals surface area (Å²) in [5.74, 6) is -0.236. The van der Waals surface area contributed by atoms with Gasteiger partial charge < -0.3 is 20.9 Å². The van der Waals surface area contributed by atoms with Crippen molar-refractivity contribution in [1.29, 1.82) is 0 Å². The number of hydrogen-bond acceptors (Lipinski definition) is 4. The number of nitrogens with two attached hydrogens (primary N) is 1. The molecule has 2 heterocycles. The highest BCUT2D eigenvalue weighted by Crippen LogP contribution is 2.21. The SMILES string of the molecule is NC(=O)N1CCC[C@H](C(=O)N2CCN(CC(=O)Nc3ccccc3Cl)CC2)C1. The van der Waals surface area contributed by atoms with Crippen molar-refractivity contribution in [3.05, 3.63) is 29.3 Å². The quantitative estimate of drug-likeness (QED) is 0.783. The number of nitrogens with zero attached hydrogens (tertiary/aromatic N) is 3. The van der Waals surface area contributed by atoms with Crippen LogP contribution in [0.25, 0.3) is 0 Å². The van der Waals surface area contributed by atoms with Gasteiger partial charge in [0.25, 0.3) is 0 Å². The van der Waals surface area contributed by atoms with E-state index in [1.54, 1.807) is 17.0 Å². The summed E-state index contributed by atoms with van der Waals surface area (Å²) < 4.78 is 0. The summed E-state index contributed by atoms with van der Waals surface area (Å²) >= 11 is 6.06. The van der Waals surface area contributed by atoms with Crippen molar-refractivity contribution in [2.24, 2.45) is 11.7 Å². The Hall–Kier alpha value is -2.32. The Bertz CT molecular complexity index is 736. The summed E-state index contributed by atoms with van der Waals surface area (Å²) in [6, 6.07) is 6.65. The summed E-state index contributed by atoms with van der Waals surface area (Å²) in [7, 11) is 0. The maximum absolute atomic E-state index is 12.8. The van der Waals surface area contributed by atoms with Crippen LogP contribution in [0.3, 0.4) is 0 Å². The summed E-state index contributed by atoms with van der Waals surface area (Å²) in [6.07, 6.45) is 1.57. The van der Waals surface area contributed by atoms with Crippen molar-refractivity contribution in [3.63, 3.8) is 0 Å². The second-order valence-corrected chi connectivity index (χ2v) is 7.66. The number of anilines is 1. The summed E-state index contributed by atoms with van der Waals surface area (Å²) in [6.45, 7) is 3.69. The van der Waals surface area contributed by atoms with Crippen LogP contribution in [0.15, 0.2) is 24.3 Å². The van der Waals surface area contributed by atoms with Crippen molar-refractivity contribution < 1.29 is 14.4 Å². The molecule has 0 radical (unpaired) electrons. The molecule has 1 aromatic rings. The van der Waals surface area contributed by atoms with Crippen molar-refractivity contribution in [2.45, 2.75) is 12.8 Å². The highest BCUT2D eigenvalue weighted by molar-refractivity contribution is 6.33. The van der Waals surface area contributed by atoms with E-state index in [9.17, 15) is 14.4 Å². The molecule has 152 valence electrons. The van der Waals surface area contributed by atoms with Gasteiger partial charge in [-0.3, -0.25) is 14.5 Å². The molecule has 1 atom stereocenters. The molecule has 2 saturated heterocycles. The Balaban J connectivity index is 1.45. The lowest BCUT2D eigenvalue weighted by Gasteiger charge is -2.38. The minimum absolute atomic E-state index is 0.0751. The van der Waals surface area contributed by atoms with Gasteiger partial charge in [0.2, 0.25) is 11.8 Å². The maximum atomic E-state index is 12.8. The molecule has 2 fully saturated rings. The Morgan fingerprint density at radius 2 is 1.79 bits per heavy atom. The number of carbonyl (C=O) groups is 3. The summed E-state index contributed by atoms with van der Waals surface area (Å²) in [4.78, 5) is 41.8. The first kappa shape index (κ1) is 20.4. The van der Waals surface area contributed by atoms with Crippen molar-refractivity contribution >= 4 is 35.1 Å². The molecular formula is C19H26ClN5O3. The van der Waals surface area contributed by atoms with Crippen LogP contribution in [0.4, 0.5) is 10.5 Å². The van der Waals surface area contributed by atoms with Gasteiger partial charge in [-0.1, -0.05) is 23.7 Å². The molecule has 0 aliphatic carbocycles.